The van der Waals surface area contributed by atoms with E-state index in [0.717, 1.165) is 23.8 Å². The zero-order valence-electron chi connectivity index (χ0n) is 17.8. The minimum absolute atomic E-state index is 0.126. The maximum Gasteiger partial charge on any atom is 0.326 e. The van der Waals surface area contributed by atoms with Crippen molar-refractivity contribution in [2.45, 2.75) is 30.7 Å². The van der Waals surface area contributed by atoms with Gasteiger partial charge in [0.05, 0.1) is 22.1 Å². The van der Waals surface area contributed by atoms with Gasteiger partial charge in [-0.3, -0.25) is 19.0 Å². The lowest BCUT2D eigenvalue weighted by Gasteiger charge is -2.25. The molecule has 1 aliphatic heterocycles. The Bertz CT molecular complexity index is 1340. The number of ether oxygens (including phenoxy) is 1. The summed E-state index contributed by atoms with van der Waals surface area (Å²) in [6.07, 6.45) is 3.95. The molecule has 2 aromatic carbocycles. The molecule has 172 valence electrons. The van der Waals surface area contributed by atoms with Crippen LogP contribution in [0.15, 0.2) is 64.5 Å². The Morgan fingerprint density at radius 3 is 2.39 bits per heavy atom. The minimum atomic E-state index is -3.59. The van der Waals surface area contributed by atoms with E-state index in [9.17, 15) is 22.8 Å². The number of aromatic nitrogens is 2. The second kappa shape index (κ2) is 9.63. The quantitative estimate of drug-likeness (QED) is 0.384. The first-order valence-corrected chi connectivity index (χ1v) is 12.0. The first kappa shape index (κ1) is 22.8. The summed E-state index contributed by atoms with van der Waals surface area (Å²) in [7, 11) is -3.59. The molecule has 0 bridgehead atoms. The number of esters is 1. The van der Waals surface area contributed by atoms with Gasteiger partial charge in [-0.15, -0.1) is 0 Å². The molecule has 9 nitrogen and oxygen atoms in total. The number of fused-ring (bicyclic) bond motifs is 1. The van der Waals surface area contributed by atoms with Crippen LogP contribution in [-0.4, -0.2) is 53.7 Å². The summed E-state index contributed by atoms with van der Waals surface area (Å²) < 4.78 is 33.0. The summed E-state index contributed by atoms with van der Waals surface area (Å²) in [5.41, 5.74) is 0.368. The van der Waals surface area contributed by atoms with E-state index in [1.165, 1.54) is 34.9 Å². The topological polar surface area (TPSA) is 116 Å². The molecular weight excluding hydrogens is 446 g/mol. The van der Waals surface area contributed by atoms with E-state index in [2.05, 4.69) is 4.98 Å². The van der Waals surface area contributed by atoms with Gasteiger partial charge in [0.2, 0.25) is 10.0 Å². The Balaban J connectivity index is 1.36. The van der Waals surface area contributed by atoms with Crippen molar-refractivity contribution in [1.29, 1.82) is 0 Å². The third-order valence-corrected chi connectivity index (χ3v) is 7.44. The number of hydrogen-bond donors (Lipinski definition) is 0. The molecule has 0 radical (unpaired) electrons. The zero-order chi connectivity index (χ0) is 23.4. The van der Waals surface area contributed by atoms with Crippen molar-refractivity contribution in [3.8, 4) is 0 Å². The normalized spacial score (nSPS) is 14.8. The van der Waals surface area contributed by atoms with Crippen LogP contribution in [0.5, 0.6) is 0 Å². The zero-order valence-corrected chi connectivity index (χ0v) is 18.7. The van der Waals surface area contributed by atoms with Crippen LogP contribution in [0.1, 0.15) is 29.6 Å². The lowest BCUT2D eigenvalue weighted by atomic mass is 10.1. The lowest BCUT2D eigenvalue weighted by Crippen LogP contribution is -2.35. The summed E-state index contributed by atoms with van der Waals surface area (Å²) in [6.45, 7) is 0.0906. The van der Waals surface area contributed by atoms with Crippen LogP contribution in [0, 0.1) is 0 Å². The van der Waals surface area contributed by atoms with Crippen LogP contribution in [0.2, 0.25) is 0 Å². The van der Waals surface area contributed by atoms with Crippen LogP contribution in [-0.2, 0) is 26.1 Å². The number of para-hydroxylation sites is 1. The van der Waals surface area contributed by atoms with Crippen molar-refractivity contribution in [1.82, 2.24) is 13.9 Å². The third-order valence-electron chi connectivity index (χ3n) is 5.52. The highest BCUT2D eigenvalue weighted by atomic mass is 32.2. The van der Waals surface area contributed by atoms with Gasteiger partial charge < -0.3 is 4.74 Å². The SMILES string of the molecule is O=C(Cn1cnc2ccccc2c1=O)OCC(=O)c1ccc(S(=O)(=O)N2CCCCC2)cc1. The van der Waals surface area contributed by atoms with Gasteiger partial charge in [0, 0.05) is 18.7 Å². The number of sulfonamides is 1. The second-order valence-corrected chi connectivity index (χ2v) is 9.71. The van der Waals surface area contributed by atoms with E-state index in [-0.39, 0.29) is 22.6 Å². The monoisotopic (exact) mass is 469 g/mol. The molecule has 0 spiro atoms. The molecule has 1 aromatic heterocycles. The molecule has 3 aromatic rings. The second-order valence-electron chi connectivity index (χ2n) is 7.77. The van der Waals surface area contributed by atoms with E-state index in [4.69, 9.17) is 4.74 Å². The van der Waals surface area contributed by atoms with Crippen molar-refractivity contribution >= 4 is 32.7 Å². The Hall–Kier alpha value is -3.37. The number of piperidine rings is 1. The number of nitrogens with zero attached hydrogens (tertiary/aromatic N) is 3. The number of benzene rings is 2. The first-order valence-electron chi connectivity index (χ1n) is 10.6. The van der Waals surface area contributed by atoms with Gasteiger partial charge >= 0.3 is 5.97 Å². The van der Waals surface area contributed by atoms with Gasteiger partial charge in [-0.2, -0.15) is 4.31 Å². The number of ketones is 1. The molecule has 0 aliphatic carbocycles. The maximum atomic E-state index is 12.7. The Morgan fingerprint density at radius 2 is 1.67 bits per heavy atom. The molecule has 4 rings (SSSR count). The van der Waals surface area contributed by atoms with E-state index < -0.39 is 28.4 Å². The number of rotatable bonds is 7. The predicted octanol–water partition coefficient (Wildman–Crippen LogP) is 2.00. The predicted molar refractivity (Wildman–Crippen MR) is 120 cm³/mol. The van der Waals surface area contributed by atoms with Crippen LogP contribution < -0.4 is 5.56 Å². The molecule has 0 N–H and O–H groups in total. The summed E-state index contributed by atoms with van der Waals surface area (Å²) in [6, 6.07) is 12.4. The van der Waals surface area contributed by atoms with Gasteiger partial charge in [0.25, 0.3) is 5.56 Å². The minimum Gasteiger partial charge on any atom is -0.456 e. The van der Waals surface area contributed by atoms with Crippen molar-refractivity contribution in [3.63, 3.8) is 0 Å². The Kier molecular flexibility index (Phi) is 6.66. The molecular formula is C23H23N3O6S. The highest BCUT2D eigenvalue weighted by Crippen LogP contribution is 2.21. The number of carbonyl (C=O) groups is 2. The maximum absolute atomic E-state index is 12.7. The molecule has 0 saturated carbocycles. The van der Waals surface area contributed by atoms with Crippen molar-refractivity contribution in [2.75, 3.05) is 19.7 Å². The van der Waals surface area contributed by atoms with Crippen LogP contribution in [0.3, 0.4) is 0 Å². The van der Waals surface area contributed by atoms with Gasteiger partial charge in [-0.25, -0.2) is 13.4 Å². The van der Waals surface area contributed by atoms with Crippen LogP contribution >= 0.6 is 0 Å². The fraction of sp³-hybridized carbons (Fsp3) is 0.304. The average molecular weight is 470 g/mol. The highest BCUT2D eigenvalue weighted by molar-refractivity contribution is 7.89. The van der Waals surface area contributed by atoms with Crippen molar-refractivity contribution in [3.05, 3.63) is 70.8 Å². The van der Waals surface area contributed by atoms with Crippen LogP contribution in [0.25, 0.3) is 10.9 Å². The molecule has 1 aliphatic rings. The van der Waals surface area contributed by atoms with Gasteiger partial charge in [0.15, 0.2) is 12.4 Å². The summed E-state index contributed by atoms with van der Waals surface area (Å²) in [4.78, 5) is 41.2. The van der Waals surface area contributed by atoms with Crippen LogP contribution in [0.4, 0.5) is 0 Å². The molecule has 0 amide bonds. The Labute approximate surface area is 190 Å². The number of hydrogen-bond acceptors (Lipinski definition) is 7. The highest BCUT2D eigenvalue weighted by Gasteiger charge is 2.26. The summed E-state index contributed by atoms with van der Waals surface area (Å²) in [5, 5.41) is 0.378. The largest absolute Gasteiger partial charge is 0.456 e. The average Bonchev–Trinajstić information content (AvgIpc) is 2.85. The molecule has 10 heteroatoms. The van der Waals surface area contributed by atoms with Gasteiger partial charge in [-0.1, -0.05) is 18.6 Å². The summed E-state index contributed by atoms with van der Waals surface area (Å²) >= 11 is 0. The van der Waals surface area contributed by atoms with E-state index >= 15 is 0 Å². The van der Waals surface area contributed by atoms with Crippen molar-refractivity contribution < 1.29 is 22.7 Å². The fourth-order valence-electron chi connectivity index (χ4n) is 3.70. The third kappa shape index (κ3) is 5.01. The fourth-order valence-corrected chi connectivity index (χ4v) is 5.22. The molecule has 1 saturated heterocycles. The van der Waals surface area contributed by atoms with E-state index in [1.807, 2.05) is 0 Å². The molecule has 33 heavy (non-hydrogen) atoms. The number of Topliss-reactive ketones (excluding diaryl/α,β-unsaturated/α-hetero) is 1. The lowest BCUT2D eigenvalue weighted by molar-refractivity contribution is -0.143. The van der Waals surface area contributed by atoms with Crippen molar-refractivity contribution in [2.24, 2.45) is 0 Å². The molecule has 2 heterocycles. The number of carbonyl (C=O) groups excluding carboxylic acids is 2. The Morgan fingerprint density at radius 1 is 0.970 bits per heavy atom. The molecule has 1 fully saturated rings. The van der Waals surface area contributed by atoms with Gasteiger partial charge in [-0.05, 0) is 49.2 Å². The van der Waals surface area contributed by atoms with Gasteiger partial charge in [0.1, 0.15) is 6.54 Å². The first-order chi connectivity index (χ1) is 15.9. The smallest absolute Gasteiger partial charge is 0.326 e. The molecule has 0 unspecified atom stereocenters. The molecule has 0 atom stereocenters. The van der Waals surface area contributed by atoms with E-state index in [0.29, 0.717) is 24.0 Å². The van der Waals surface area contributed by atoms with E-state index in [1.54, 1.807) is 24.3 Å². The summed E-state index contributed by atoms with van der Waals surface area (Å²) in [5.74, 6) is -1.24. The standard InChI is InChI=1S/C23H23N3O6S/c27-21(17-8-10-18(11-9-17)33(30,31)26-12-4-1-5-13-26)15-32-22(28)14-25-16-24-20-7-3-2-6-19(20)23(25)29/h2-3,6-11,16H,1,4-5,12-15H2.